The summed E-state index contributed by atoms with van der Waals surface area (Å²) in [5.74, 6) is -1.01. The highest BCUT2D eigenvalue weighted by Crippen LogP contribution is 2.29. The van der Waals surface area contributed by atoms with Gasteiger partial charge in [0.25, 0.3) is 5.91 Å². The van der Waals surface area contributed by atoms with E-state index in [0.717, 1.165) is 0 Å². The lowest BCUT2D eigenvalue weighted by Crippen LogP contribution is -2.40. The van der Waals surface area contributed by atoms with E-state index in [0.29, 0.717) is 53.8 Å². The minimum absolute atomic E-state index is 0.209. The van der Waals surface area contributed by atoms with Crippen LogP contribution in [0.2, 0.25) is 5.02 Å². The van der Waals surface area contributed by atoms with E-state index in [1.165, 1.54) is 13.3 Å². The van der Waals surface area contributed by atoms with Gasteiger partial charge >= 0.3 is 5.97 Å². The Morgan fingerprint density at radius 3 is 2.72 bits per heavy atom. The molecule has 1 saturated heterocycles. The quantitative estimate of drug-likeness (QED) is 0.859. The molecule has 0 aliphatic carbocycles. The van der Waals surface area contributed by atoms with Gasteiger partial charge in [-0.3, -0.25) is 14.7 Å². The molecule has 2 N–H and O–H groups in total. The largest absolute Gasteiger partial charge is 0.481 e. The summed E-state index contributed by atoms with van der Waals surface area (Å²) in [4.78, 5) is 29.2. The van der Waals surface area contributed by atoms with Gasteiger partial charge in [0, 0.05) is 24.7 Å². The van der Waals surface area contributed by atoms with Crippen LogP contribution >= 0.6 is 11.6 Å². The van der Waals surface area contributed by atoms with Gasteiger partial charge in [-0.15, -0.1) is 0 Å². The van der Waals surface area contributed by atoms with Crippen molar-refractivity contribution in [1.82, 2.24) is 20.1 Å². The van der Waals surface area contributed by atoms with E-state index in [2.05, 4.69) is 15.2 Å². The molecule has 8 nitrogen and oxygen atoms in total. The topological polar surface area (TPSA) is 108 Å². The molecule has 132 valence electrons. The number of H-pyrrole nitrogens is 1. The summed E-state index contributed by atoms with van der Waals surface area (Å²) in [6.45, 7) is 0.821. The molecule has 0 radical (unpaired) electrons. The predicted molar refractivity (Wildman–Crippen MR) is 89.6 cm³/mol. The number of likely N-dealkylation sites (tertiary alicyclic amines) is 1. The average Bonchev–Trinajstić information content (AvgIpc) is 3.11. The number of pyridine rings is 1. The van der Waals surface area contributed by atoms with Crippen LogP contribution < -0.4 is 4.74 Å². The number of aliphatic carboxylic acids is 1. The first-order valence-electron chi connectivity index (χ1n) is 7.77. The summed E-state index contributed by atoms with van der Waals surface area (Å²) in [6.07, 6.45) is 2.37. The van der Waals surface area contributed by atoms with Gasteiger partial charge in [0.1, 0.15) is 5.69 Å². The Balaban J connectivity index is 1.76. The van der Waals surface area contributed by atoms with Crippen LogP contribution in [-0.2, 0) is 4.79 Å². The second-order valence-electron chi connectivity index (χ2n) is 5.78. The van der Waals surface area contributed by atoms with Gasteiger partial charge < -0.3 is 14.7 Å². The minimum Gasteiger partial charge on any atom is -0.481 e. The van der Waals surface area contributed by atoms with Crippen LogP contribution in [0.5, 0.6) is 5.88 Å². The number of carbonyl (C=O) groups excluding carboxylic acids is 1. The van der Waals surface area contributed by atoms with Crippen molar-refractivity contribution in [2.45, 2.75) is 12.8 Å². The molecular formula is C16H17ClN4O4. The first-order valence-corrected chi connectivity index (χ1v) is 8.14. The number of carboxylic acids is 1. The van der Waals surface area contributed by atoms with Gasteiger partial charge in [-0.1, -0.05) is 11.6 Å². The molecule has 3 heterocycles. The summed E-state index contributed by atoms with van der Waals surface area (Å²) >= 11 is 6.15. The van der Waals surface area contributed by atoms with Crippen LogP contribution in [0.25, 0.3) is 11.3 Å². The Labute approximate surface area is 148 Å². The van der Waals surface area contributed by atoms with E-state index in [1.54, 1.807) is 17.0 Å². The molecule has 1 fully saturated rings. The third-order valence-electron chi connectivity index (χ3n) is 4.26. The number of ether oxygens (including phenoxy) is 1. The van der Waals surface area contributed by atoms with E-state index in [9.17, 15) is 9.59 Å². The van der Waals surface area contributed by atoms with Crippen molar-refractivity contribution in [3.63, 3.8) is 0 Å². The highest BCUT2D eigenvalue weighted by Gasteiger charge is 2.28. The van der Waals surface area contributed by atoms with Crippen molar-refractivity contribution in [3.05, 3.63) is 29.0 Å². The van der Waals surface area contributed by atoms with Gasteiger partial charge in [-0.05, 0) is 18.9 Å². The molecule has 1 aliphatic rings. The number of aromatic amines is 1. The van der Waals surface area contributed by atoms with Crippen molar-refractivity contribution >= 4 is 23.5 Å². The van der Waals surface area contributed by atoms with Crippen LogP contribution in [0.15, 0.2) is 18.3 Å². The smallest absolute Gasteiger partial charge is 0.306 e. The zero-order valence-corrected chi connectivity index (χ0v) is 14.3. The zero-order chi connectivity index (χ0) is 18.0. The van der Waals surface area contributed by atoms with Gasteiger partial charge in [-0.25, -0.2) is 4.98 Å². The average molecular weight is 365 g/mol. The third kappa shape index (κ3) is 3.58. The van der Waals surface area contributed by atoms with Crippen LogP contribution in [0.3, 0.4) is 0 Å². The molecule has 3 rings (SSSR count). The molecular weight excluding hydrogens is 348 g/mol. The summed E-state index contributed by atoms with van der Waals surface area (Å²) in [6, 6.07) is 3.26. The number of piperidine rings is 1. The first-order chi connectivity index (χ1) is 12.0. The first kappa shape index (κ1) is 17.2. The normalized spacial score (nSPS) is 15.2. The molecule has 0 spiro atoms. The Bertz CT molecular complexity index is 799. The van der Waals surface area contributed by atoms with Crippen molar-refractivity contribution in [1.29, 1.82) is 0 Å². The highest BCUT2D eigenvalue weighted by atomic mass is 35.5. The number of halogens is 1. The SMILES string of the molecule is COc1cc(-c2cc(C(=O)N3CCC(C(=O)O)CC3)[nH]n2)c(Cl)cn1. The maximum atomic E-state index is 12.6. The summed E-state index contributed by atoms with van der Waals surface area (Å²) in [7, 11) is 1.50. The van der Waals surface area contributed by atoms with E-state index in [-0.39, 0.29) is 11.8 Å². The highest BCUT2D eigenvalue weighted by molar-refractivity contribution is 6.33. The fourth-order valence-corrected chi connectivity index (χ4v) is 3.00. The van der Waals surface area contributed by atoms with E-state index in [4.69, 9.17) is 21.4 Å². The molecule has 0 aromatic carbocycles. The molecule has 0 saturated carbocycles. The zero-order valence-electron chi connectivity index (χ0n) is 13.5. The van der Waals surface area contributed by atoms with Crippen LogP contribution in [0.1, 0.15) is 23.3 Å². The number of aromatic nitrogens is 3. The molecule has 2 aromatic heterocycles. The number of hydrogen-bond donors (Lipinski definition) is 2. The van der Waals surface area contributed by atoms with Gasteiger partial charge in [0.15, 0.2) is 0 Å². The van der Waals surface area contributed by atoms with Gasteiger partial charge in [0.2, 0.25) is 5.88 Å². The summed E-state index contributed by atoms with van der Waals surface area (Å²) < 4.78 is 5.08. The molecule has 1 amide bonds. The van der Waals surface area contributed by atoms with Gasteiger partial charge in [-0.2, -0.15) is 5.10 Å². The number of hydrogen-bond acceptors (Lipinski definition) is 5. The van der Waals surface area contributed by atoms with Crippen LogP contribution in [-0.4, -0.2) is 57.3 Å². The maximum absolute atomic E-state index is 12.6. The molecule has 0 bridgehead atoms. The minimum atomic E-state index is -0.808. The number of carboxylic acid groups (broad SMARTS) is 1. The standard InChI is InChI=1S/C16H17ClN4O4/c1-25-14-6-10(11(17)8-18-14)12-7-13(20-19-12)15(22)21-4-2-9(3-5-21)16(23)24/h6-9H,2-5H2,1H3,(H,19,20)(H,23,24). The van der Waals surface area contributed by atoms with E-state index < -0.39 is 5.97 Å². The van der Waals surface area contributed by atoms with E-state index in [1.807, 2.05) is 0 Å². The van der Waals surface area contributed by atoms with Crippen molar-refractivity contribution in [2.24, 2.45) is 5.92 Å². The Kier molecular flexibility index (Phi) is 4.89. The molecule has 9 heteroatoms. The number of carbonyl (C=O) groups is 2. The Morgan fingerprint density at radius 1 is 1.36 bits per heavy atom. The Hall–Kier alpha value is -2.61. The lowest BCUT2D eigenvalue weighted by Gasteiger charge is -2.29. The molecule has 1 aliphatic heterocycles. The van der Waals surface area contributed by atoms with Gasteiger partial charge in [0.05, 0.1) is 29.9 Å². The lowest BCUT2D eigenvalue weighted by atomic mass is 9.97. The fourth-order valence-electron chi connectivity index (χ4n) is 2.80. The number of nitrogens with one attached hydrogen (secondary N) is 1. The molecule has 2 aromatic rings. The van der Waals surface area contributed by atoms with Crippen molar-refractivity contribution in [2.75, 3.05) is 20.2 Å². The fraction of sp³-hybridized carbons (Fsp3) is 0.375. The molecule has 0 unspecified atom stereocenters. The van der Waals surface area contributed by atoms with Crippen molar-refractivity contribution < 1.29 is 19.4 Å². The number of amides is 1. The second kappa shape index (κ2) is 7.10. The number of methoxy groups -OCH3 is 1. The van der Waals surface area contributed by atoms with Crippen LogP contribution in [0.4, 0.5) is 0 Å². The van der Waals surface area contributed by atoms with Crippen molar-refractivity contribution in [3.8, 4) is 17.1 Å². The predicted octanol–water partition coefficient (Wildman–Crippen LogP) is 2.07. The molecule has 25 heavy (non-hydrogen) atoms. The van der Waals surface area contributed by atoms with Crippen LogP contribution in [0, 0.1) is 5.92 Å². The monoisotopic (exact) mass is 364 g/mol. The number of nitrogens with zero attached hydrogens (tertiary/aromatic N) is 3. The summed E-state index contributed by atoms with van der Waals surface area (Å²) in [5, 5.41) is 16.3. The second-order valence-corrected chi connectivity index (χ2v) is 6.19. The van der Waals surface area contributed by atoms with E-state index >= 15 is 0 Å². The third-order valence-corrected chi connectivity index (χ3v) is 4.56. The maximum Gasteiger partial charge on any atom is 0.306 e. The summed E-state index contributed by atoms with van der Waals surface area (Å²) in [5.41, 5.74) is 1.44. The number of rotatable bonds is 4. The lowest BCUT2D eigenvalue weighted by molar-refractivity contribution is -0.143. The molecule has 0 atom stereocenters. The Morgan fingerprint density at radius 2 is 2.08 bits per heavy atom.